The number of hydrogen-bond donors (Lipinski definition) is 1. The fraction of sp³-hybridized carbons (Fsp3) is 0.727. The van der Waals surface area contributed by atoms with Gasteiger partial charge in [0.2, 0.25) is 0 Å². The minimum absolute atomic E-state index is 0.0415. The highest BCUT2D eigenvalue weighted by Gasteiger charge is 2.51. The van der Waals surface area contributed by atoms with E-state index in [1.807, 2.05) is 23.1 Å². The Morgan fingerprint density at radius 1 is 1.50 bits per heavy atom. The molecule has 1 fully saturated rings. The normalized spacial score (nSPS) is 19.6. The fourth-order valence-electron chi connectivity index (χ4n) is 2.13. The first kappa shape index (κ1) is 9.71. The van der Waals surface area contributed by atoms with Gasteiger partial charge in [0.25, 0.3) is 0 Å². The summed E-state index contributed by atoms with van der Waals surface area (Å²) in [6.07, 6.45) is 7.54. The number of hydrogen-bond acceptors (Lipinski definition) is 2. The van der Waals surface area contributed by atoms with E-state index in [1.165, 1.54) is 12.8 Å². The lowest BCUT2D eigenvalue weighted by molar-refractivity contribution is 0.259. The Kier molecular flexibility index (Phi) is 2.14. The van der Waals surface area contributed by atoms with Crippen molar-refractivity contribution in [3.8, 4) is 0 Å². The summed E-state index contributed by atoms with van der Waals surface area (Å²) < 4.78 is 1.99. The second kappa shape index (κ2) is 3.09. The molecule has 0 radical (unpaired) electrons. The maximum atomic E-state index is 6.19. The van der Waals surface area contributed by atoms with Gasteiger partial charge in [0.1, 0.15) is 0 Å². The average molecular weight is 193 g/mol. The predicted octanol–water partition coefficient (Wildman–Crippen LogP) is 1.79. The van der Waals surface area contributed by atoms with Crippen LogP contribution in [0, 0.1) is 5.41 Å². The Balaban J connectivity index is 1.93. The monoisotopic (exact) mass is 193 g/mol. The first-order valence-corrected chi connectivity index (χ1v) is 5.30. The molecule has 2 N–H and O–H groups in total. The highest BCUT2D eigenvalue weighted by molar-refractivity contribution is 5.06. The summed E-state index contributed by atoms with van der Waals surface area (Å²) in [5.74, 6) is 0. The van der Waals surface area contributed by atoms with Crippen molar-refractivity contribution in [3.05, 3.63) is 18.5 Å². The predicted molar refractivity (Wildman–Crippen MR) is 56.8 cm³/mol. The van der Waals surface area contributed by atoms with Crippen LogP contribution in [-0.4, -0.2) is 15.3 Å². The van der Waals surface area contributed by atoms with Gasteiger partial charge in [0.15, 0.2) is 0 Å². The summed E-state index contributed by atoms with van der Waals surface area (Å²) in [7, 11) is 0. The molecule has 0 unspecified atom stereocenters. The average Bonchev–Trinajstić information content (AvgIpc) is 2.72. The van der Waals surface area contributed by atoms with Crippen LogP contribution in [0.2, 0.25) is 0 Å². The van der Waals surface area contributed by atoms with Crippen LogP contribution in [0.15, 0.2) is 18.5 Å². The molecule has 14 heavy (non-hydrogen) atoms. The van der Waals surface area contributed by atoms with Gasteiger partial charge < -0.3 is 5.73 Å². The lowest BCUT2D eigenvalue weighted by Crippen LogP contribution is -2.43. The molecular formula is C11H19N3. The van der Waals surface area contributed by atoms with E-state index in [9.17, 15) is 0 Å². The fourth-order valence-corrected chi connectivity index (χ4v) is 2.13. The van der Waals surface area contributed by atoms with Crippen molar-refractivity contribution in [2.75, 3.05) is 0 Å². The molecule has 2 rings (SSSR count). The van der Waals surface area contributed by atoms with Gasteiger partial charge in [-0.25, -0.2) is 0 Å². The first-order valence-electron chi connectivity index (χ1n) is 5.30. The Morgan fingerprint density at radius 2 is 2.21 bits per heavy atom. The van der Waals surface area contributed by atoms with Crippen LogP contribution in [0.3, 0.4) is 0 Å². The minimum atomic E-state index is -0.0415. The van der Waals surface area contributed by atoms with Gasteiger partial charge >= 0.3 is 0 Å². The third-order valence-corrected chi connectivity index (χ3v) is 3.60. The number of aryl methyl sites for hydroxylation is 1. The SMILES string of the molecule is CC(C)(N)C1(CCn2cccn2)CC1. The second-order valence-electron chi connectivity index (χ2n) is 5.02. The van der Waals surface area contributed by atoms with Crippen molar-refractivity contribution in [1.29, 1.82) is 0 Å². The zero-order chi connectivity index (χ0) is 10.2. The third-order valence-electron chi connectivity index (χ3n) is 3.60. The molecule has 0 spiro atoms. The van der Waals surface area contributed by atoms with Crippen molar-refractivity contribution in [1.82, 2.24) is 9.78 Å². The molecular weight excluding hydrogens is 174 g/mol. The van der Waals surface area contributed by atoms with Crippen molar-refractivity contribution < 1.29 is 0 Å². The van der Waals surface area contributed by atoms with E-state index in [2.05, 4.69) is 18.9 Å². The van der Waals surface area contributed by atoms with Gasteiger partial charge in [0, 0.05) is 24.5 Å². The van der Waals surface area contributed by atoms with Crippen LogP contribution in [0.1, 0.15) is 33.1 Å². The van der Waals surface area contributed by atoms with Crippen molar-refractivity contribution in [2.24, 2.45) is 11.1 Å². The lowest BCUT2D eigenvalue weighted by Gasteiger charge is -2.30. The largest absolute Gasteiger partial charge is 0.325 e. The minimum Gasteiger partial charge on any atom is -0.325 e. The molecule has 0 bridgehead atoms. The summed E-state index contributed by atoms with van der Waals surface area (Å²) in [4.78, 5) is 0. The molecule has 0 aliphatic heterocycles. The quantitative estimate of drug-likeness (QED) is 0.792. The van der Waals surface area contributed by atoms with Crippen LogP contribution < -0.4 is 5.73 Å². The van der Waals surface area contributed by atoms with E-state index in [0.29, 0.717) is 5.41 Å². The van der Waals surface area contributed by atoms with Gasteiger partial charge in [-0.3, -0.25) is 4.68 Å². The highest BCUT2D eigenvalue weighted by Crippen LogP contribution is 2.55. The Hall–Kier alpha value is -0.830. The molecule has 1 saturated carbocycles. The van der Waals surface area contributed by atoms with E-state index in [-0.39, 0.29) is 5.54 Å². The van der Waals surface area contributed by atoms with Gasteiger partial charge in [-0.1, -0.05) is 0 Å². The molecule has 0 amide bonds. The van der Waals surface area contributed by atoms with Crippen LogP contribution in [0.25, 0.3) is 0 Å². The molecule has 78 valence electrons. The molecule has 3 nitrogen and oxygen atoms in total. The van der Waals surface area contributed by atoms with E-state index in [1.54, 1.807) is 0 Å². The molecule has 1 aliphatic carbocycles. The molecule has 1 aromatic rings. The van der Waals surface area contributed by atoms with E-state index in [0.717, 1.165) is 13.0 Å². The Bertz CT molecular complexity index is 291. The number of nitrogens with zero attached hydrogens (tertiary/aromatic N) is 2. The number of rotatable bonds is 4. The maximum absolute atomic E-state index is 6.19. The van der Waals surface area contributed by atoms with Crippen LogP contribution in [0.4, 0.5) is 0 Å². The van der Waals surface area contributed by atoms with E-state index < -0.39 is 0 Å². The zero-order valence-electron chi connectivity index (χ0n) is 9.03. The zero-order valence-corrected chi connectivity index (χ0v) is 9.03. The van der Waals surface area contributed by atoms with Gasteiger partial charge in [-0.2, -0.15) is 5.10 Å². The van der Waals surface area contributed by atoms with Crippen molar-refractivity contribution >= 4 is 0 Å². The summed E-state index contributed by atoms with van der Waals surface area (Å²) in [6, 6.07) is 1.97. The number of aromatic nitrogens is 2. The lowest BCUT2D eigenvalue weighted by atomic mass is 9.82. The molecule has 3 heteroatoms. The van der Waals surface area contributed by atoms with Gasteiger partial charge in [-0.05, 0) is 44.6 Å². The molecule has 0 atom stereocenters. The molecule has 0 saturated heterocycles. The number of nitrogens with two attached hydrogens (primary N) is 1. The maximum Gasteiger partial charge on any atom is 0.0489 e. The molecule has 1 heterocycles. The molecule has 1 aliphatic rings. The van der Waals surface area contributed by atoms with Crippen LogP contribution in [0.5, 0.6) is 0 Å². The first-order chi connectivity index (χ1) is 6.54. The van der Waals surface area contributed by atoms with E-state index in [4.69, 9.17) is 5.73 Å². The van der Waals surface area contributed by atoms with Crippen LogP contribution >= 0.6 is 0 Å². The van der Waals surface area contributed by atoms with Gasteiger partial charge in [-0.15, -0.1) is 0 Å². The third kappa shape index (κ3) is 1.69. The molecule has 0 aromatic carbocycles. The summed E-state index contributed by atoms with van der Waals surface area (Å²) in [6.45, 7) is 5.28. The molecule has 1 aromatic heterocycles. The summed E-state index contributed by atoms with van der Waals surface area (Å²) in [5.41, 5.74) is 6.52. The highest BCUT2D eigenvalue weighted by atomic mass is 15.3. The van der Waals surface area contributed by atoms with E-state index >= 15 is 0 Å². The van der Waals surface area contributed by atoms with Crippen molar-refractivity contribution in [3.63, 3.8) is 0 Å². The summed E-state index contributed by atoms with van der Waals surface area (Å²) in [5, 5.41) is 4.20. The summed E-state index contributed by atoms with van der Waals surface area (Å²) >= 11 is 0. The topological polar surface area (TPSA) is 43.8 Å². The standard InChI is InChI=1S/C11H19N3/c1-10(2,12)11(4-5-11)6-9-14-8-3-7-13-14/h3,7-8H,4-6,9,12H2,1-2H3. The Labute approximate surface area is 85.3 Å². The Morgan fingerprint density at radius 3 is 2.64 bits per heavy atom. The smallest absolute Gasteiger partial charge is 0.0489 e. The van der Waals surface area contributed by atoms with Gasteiger partial charge in [0.05, 0.1) is 0 Å². The van der Waals surface area contributed by atoms with Crippen LogP contribution in [-0.2, 0) is 6.54 Å². The second-order valence-corrected chi connectivity index (χ2v) is 5.02. The van der Waals surface area contributed by atoms with Crippen molar-refractivity contribution in [2.45, 2.75) is 45.2 Å².